The van der Waals surface area contributed by atoms with Crippen LogP contribution in [0.2, 0.25) is 0 Å². The van der Waals surface area contributed by atoms with Crippen molar-refractivity contribution in [2.75, 3.05) is 26.2 Å². The highest BCUT2D eigenvalue weighted by Crippen LogP contribution is 2.34. The van der Waals surface area contributed by atoms with Gasteiger partial charge in [0.05, 0.1) is 5.66 Å². The molecule has 0 saturated carbocycles. The van der Waals surface area contributed by atoms with Gasteiger partial charge in [0, 0.05) is 43.7 Å². The van der Waals surface area contributed by atoms with E-state index in [1.807, 2.05) is 30.3 Å². The Morgan fingerprint density at radius 3 is 1.62 bits per heavy atom. The van der Waals surface area contributed by atoms with Crippen LogP contribution in [0.5, 0.6) is 0 Å². The van der Waals surface area contributed by atoms with Crippen molar-refractivity contribution in [1.82, 2.24) is 9.80 Å². The summed E-state index contributed by atoms with van der Waals surface area (Å²) in [6.07, 6.45) is 17.3. The zero-order chi connectivity index (χ0) is 23.2. The maximum absolute atomic E-state index is 13.1. The molecule has 32 heavy (non-hydrogen) atoms. The van der Waals surface area contributed by atoms with Crippen LogP contribution < -0.4 is 0 Å². The summed E-state index contributed by atoms with van der Waals surface area (Å²) in [7, 11) is 0. The zero-order valence-corrected chi connectivity index (χ0v) is 21.1. The van der Waals surface area contributed by atoms with Gasteiger partial charge >= 0.3 is 0 Å². The van der Waals surface area contributed by atoms with Crippen LogP contribution >= 0.6 is 0 Å². The second-order valence-electron chi connectivity index (χ2n) is 9.16. The van der Waals surface area contributed by atoms with Gasteiger partial charge in [-0.15, -0.1) is 0 Å². The molecule has 1 aliphatic rings. The number of unbranched alkanes of at least 4 members (excludes halogenated alkanes) is 4. The lowest BCUT2D eigenvalue weighted by molar-refractivity contribution is -0.0256. The van der Waals surface area contributed by atoms with Gasteiger partial charge in [-0.25, -0.2) is 0 Å². The minimum Gasteiger partial charge on any atom is -0.289 e. The van der Waals surface area contributed by atoms with E-state index >= 15 is 0 Å². The van der Waals surface area contributed by atoms with Crippen LogP contribution in [0.15, 0.2) is 54.1 Å². The van der Waals surface area contributed by atoms with Crippen LogP contribution in [-0.2, 0) is 0 Å². The Kier molecular flexibility index (Phi) is 12.0. The first-order valence-corrected chi connectivity index (χ1v) is 13.1. The fourth-order valence-corrected chi connectivity index (χ4v) is 4.61. The van der Waals surface area contributed by atoms with Crippen LogP contribution in [0, 0.1) is 0 Å². The summed E-state index contributed by atoms with van der Waals surface area (Å²) < 4.78 is 0. The molecule has 0 amide bonds. The quantitative estimate of drug-likeness (QED) is 0.200. The smallest absolute Gasteiger partial charge is 0.192 e. The van der Waals surface area contributed by atoms with Crippen molar-refractivity contribution >= 4 is 5.78 Å². The number of carbonyl (C=O) groups excluding carboxylic acids is 1. The van der Waals surface area contributed by atoms with E-state index in [4.69, 9.17) is 0 Å². The number of Topliss-reactive ketones (excluding diaryl/α,β-unsaturated/α-hetero) is 1. The summed E-state index contributed by atoms with van der Waals surface area (Å²) in [5, 5.41) is 0. The van der Waals surface area contributed by atoms with Gasteiger partial charge < -0.3 is 0 Å². The summed E-state index contributed by atoms with van der Waals surface area (Å²) in [5.74, 6) is 0.137. The van der Waals surface area contributed by atoms with Crippen molar-refractivity contribution in [3.05, 3.63) is 59.7 Å². The molecule has 0 aromatic heterocycles. The molecule has 3 nitrogen and oxygen atoms in total. The van der Waals surface area contributed by atoms with Gasteiger partial charge in [0.25, 0.3) is 0 Å². The highest BCUT2D eigenvalue weighted by molar-refractivity contribution is 6.10. The average Bonchev–Trinajstić information content (AvgIpc) is 2.84. The minimum atomic E-state index is -0.116. The maximum atomic E-state index is 13.1. The van der Waals surface area contributed by atoms with Crippen LogP contribution in [0.4, 0.5) is 0 Å². The molecule has 0 unspecified atom stereocenters. The zero-order valence-electron chi connectivity index (χ0n) is 21.1. The lowest BCUT2D eigenvalue weighted by Gasteiger charge is -2.51. The lowest BCUT2D eigenvalue weighted by atomic mass is 9.89. The average molecular weight is 439 g/mol. The van der Waals surface area contributed by atoms with Gasteiger partial charge in [-0.3, -0.25) is 14.6 Å². The monoisotopic (exact) mass is 438 g/mol. The molecule has 0 aliphatic heterocycles. The van der Waals surface area contributed by atoms with E-state index in [-0.39, 0.29) is 11.4 Å². The first-order chi connectivity index (χ1) is 15.6. The molecule has 178 valence electrons. The number of benzene rings is 1. The standard InChI is InChI=1S/C29H46N2O/c1-5-9-22-30(23-10-6-2)29(31(24-11-7-3)25-12-8-4)20-18-27(19-21-29)28(32)26-16-14-13-15-17-26/h13-20H,5-12,21-25H2,1-4H3. The van der Waals surface area contributed by atoms with Crippen molar-refractivity contribution in [2.45, 2.75) is 91.1 Å². The third-order valence-electron chi connectivity index (χ3n) is 6.67. The molecule has 0 atom stereocenters. The van der Waals surface area contributed by atoms with E-state index in [2.05, 4.69) is 55.7 Å². The fourth-order valence-electron chi connectivity index (χ4n) is 4.61. The normalized spacial score (nSPS) is 15.4. The Bertz CT molecular complexity index is 686. The summed E-state index contributed by atoms with van der Waals surface area (Å²) in [6.45, 7) is 13.6. The molecular formula is C29H46N2O. The molecule has 1 aliphatic carbocycles. The second kappa shape index (κ2) is 14.4. The second-order valence-corrected chi connectivity index (χ2v) is 9.16. The van der Waals surface area contributed by atoms with Crippen molar-refractivity contribution < 1.29 is 4.79 Å². The fraction of sp³-hybridized carbons (Fsp3) is 0.621. The summed E-state index contributed by atoms with van der Waals surface area (Å²) in [5.41, 5.74) is 1.50. The minimum absolute atomic E-state index is 0.116. The first-order valence-electron chi connectivity index (χ1n) is 13.1. The lowest BCUT2D eigenvalue weighted by Crippen LogP contribution is -2.61. The molecule has 1 aromatic rings. The number of carbonyl (C=O) groups is 1. The highest BCUT2D eigenvalue weighted by Gasteiger charge is 2.40. The Morgan fingerprint density at radius 1 is 0.781 bits per heavy atom. The molecule has 0 spiro atoms. The number of hydrogen-bond donors (Lipinski definition) is 0. The van der Waals surface area contributed by atoms with E-state index in [9.17, 15) is 4.79 Å². The number of ketones is 1. The van der Waals surface area contributed by atoms with Gasteiger partial charge in [0.2, 0.25) is 0 Å². The summed E-state index contributed by atoms with van der Waals surface area (Å²) >= 11 is 0. The molecule has 1 aromatic carbocycles. The Hall–Kier alpha value is -1.71. The molecule has 3 heteroatoms. The Morgan fingerprint density at radius 2 is 1.25 bits per heavy atom. The third kappa shape index (κ3) is 7.15. The van der Waals surface area contributed by atoms with E-state index < -0.39 is 0 Å². The predicted octanol–water partition coefficient (Wildman–Crippen LogP) is 7.26. The first kappa shape index (κ1) is 26.5. The molecule has 0 N–H and O–H groups in total. The number of nitrogens with zero attached hydrogens (tertiary/aromatic N) is 2. The Balaban J connectivity index is 2.38. The number of allylic oxidation sites excluding steroid dienone is 2. The van der Waals surface area contributed by atoms with Crippen molar-refractivity contribution in [3.8, 4) is 0 Å². The molecule has 2 rings (SSSR count). The third-order valence-corrected chi connectivity index (χ3v) is 6.67. The van der Waals surface area contributed by atoms with E-state index in [1.54, 1.807) is 0 Å². The SMILES string of the molecule is CCCCN(CCCC)C1(N(CCCC)CCCC)C=CC(C(=O)c2ccccc2)=CC1. The van der Waals surface area contributed by atoms with Crippen LogP contribution in [0.3, 0.4) is 0 Å². The van der Waals surface area contributed by atoms with Gasteiger partial charge in [0.1, 0.15) is 0 Å². The van der Waals surface area contributed by atoms with Crippen LogP contribution in [0.25, 0.3) is 0 Å². The van der Waals surface area contributed by atoms with Gasteiger partial charge in [-0.2, -0.15) is 0 Å². The van der Waals surface area contributed by atoms with E-state index in [0.717, 1.165) is 43.7 Å². The van der Waals surface area contributed by atoms with Crippen molar-refractivity contribution in [2.24, 2.45) is 0 Å². The van der Waals surface area contributed by atoms with Gasteiger partial charge in [-0.1, -0.05) is 95.9 Å². The number of hydrogen-bond acceptors (Lipinski definition) is 3. The molecule has 0 radical (unpaired) electrons. The topological polar surface area (TPSA) is 23.6 Å². The van der Waals surface area contributed by atoms with Crippen molar-refractivity contribution in [3.63, 3.8) is 0 Å². The predicted molar refractivity (Wildman–Crippen MR) is 138 cm³/mol. The van der Waals surface area contributed by atoms with Gasteiger partial charge in [0.15, 0.2) is 5.78 Å². The molecule has 0 fully saturated rings. The summed E-state index contributed by atoms with van der Waals surface area (Å²) in [4.78, 5) is 18.5. The van der Waals surface area contributed by atoms with Gasteiger partial charge in [-0.05, 0) is 31.8 Å². The highest BCUT2D eigenvalue weighted by atomic mass is 16.1. The summed E-state index contributed by atoms with van der Waals surface area (Å²) in [6, 6.07) is 9.69. The Labute approximate surface area is 197 Å². The molecular weight excluding hydrogens is 392 g/mol. The molecule has 0 saturated heterocycles. The number of rotatable bonds is 16. The maximum Gasteiger partial charge on any atom is 0.192 e. The van der Waals surface area contributed by atoms with E-state index in [0.29, 0.717) is 0 Å². The van der Waals surface area contributed by atoms with Crippen LogP contribution in [-0.4, -0.2) is 47.4 Å². The van der Waals surface area contributed by atoms with E-state index in [1.165, 1.54) is 51.4 Å². The van der Waals surface area contributed by atoms with Crippen LogP contribution in [0.1, 0.15) is 95.8 Å². The van der Waals surface area contributed by atoms with Crippen molar-refractivity contribution in [1.29, 1.82) is 0 Å². The molecule has 0 bridgehead atoms. The molecule has 0 heterocycles. The largest absolute Gasteiger partial charge is 0.289 e.